The van der Waals surface area contributed by atoms with Crippen molar-refractivity contribution >= 4 is 17.5 Å². The number of pyridine rings is 1. The highest BCUT2D eigenvalue weighted by molar-refractivity contribution is 6.30. The minimum Gasteiger partial charge on any atom is -0.496 e. The normalized spacial score (nSPS) is 10.2. The van der Waals surface area contributed by atoms with E-state index in [-0.39, 0.29) is 5.91 Å². The third kappa shape index (κ3) is 3.95. The number of aromatic nitrogens is 1. The Morgan fingerprint density at radius 1 is 1.33 bits per heavy atom. The van der Waals surface area contributed by atoms with Crippen molar-refractivity contribution in [3.8, 4) is 5.75 Å². The zero-order valence-corrected chi connectivity index (χ0v) is 12.8. The van der Waals surface area contributed by atoms with Crippen LogP contribution in [0.15, 0.2) is 42.6 Å². The largest absolute Gasteiger partial charge is 0.496 e. The number of carbonyl (C=O) groups excluding carboxylic acids is 1. The molecule has 0 atom stereocenters. The number of hydrogen-bond donors (Lipinski definition) is 0. The number of hydrogen-bond acceptors (Lipinski definition) is 3. The van der Waals surface area contributed by atoms with E-state index < -0.39 is 0 Å². The van der Waals surface area contributed by atoms with Crippen LogP contribution in [0, 0.1) is 0 Å². The van der Waals surface area contributed by atoms with Crippen LogP contribution in [0.3, 0.4) is 0 Å². The number of benzene rings is 1. The van der Waals surface area contributed by atoms with Gasteiger partial charge in [-0.05, 0) is 30.3 Å². The summed E-state index contributed by atoms with van der Waals surface area (Å²) in [6, 6.07) is 10.8. The molecule has 0 spiro atoms. The summed E-state index contributed by atoms with van der Waals surface area (Å²) in [5.41, 5.74) is 1.46. The van der Waals surface area contributed by atoms with Crippen LogP contribution < -0.4 is 4.74 Å². The molecule has 0 radical (unpaired) electrons. The fourth-order valence-electron chi connectivity index (χ4n) is 1.98. The average molecular weight is 305 g/mol. The molecule has 5 heteroatoms. The summed E-state index contributed by atoms with van der Waals surface area (Å²) in [5.74, 6) is 0.386. The summed E-state index contributed by atoms with van der Waals surface area (Å²) in [6.07, 6.45) is 2.46. The van der Waals surface area contributed by atoms with Gasteiger partial charge in [0.25, 0.3) is 5.91 Å². The van der Waals surface area contributed by atoms with Crippen molar-refractivity contribution in [1.82, 2.24) is 9.88 Å². The quantitative estimate of drug-likeness (QED) is 0.852. The lowest BCUT2D eigenvalue weighted by molar-refractivity contribution is 0.0793. The molecule has 0 aliphatic rings. The number of ether oxygens (including phenoxy) is 1. The molecule has 0 aliphatic carbocycles. The van der Waals surface area contributed by atoms with E-state index in [0.29, 0.717) is 29.3 Å². The Labute approximate surface area is 129 Å². The van der Waals surface area contributed by atoms with Crippen LogP contribution in [0.25, 0.3) is 0 Å². The molecular formula is C16H17ClN2O2. The first-order valence-electron chi connectivity index (χ1n) is 6.60. The topological polar surface area (TPSA) is 42.4 Å². The molecule has 2 rings (SSSR count). The SMILES string of the molecule is COc1cc(Cl)ccc1C(=O)N(C)CCc1ccccn1. The minimum absolute atomic E-state index is 0.0977. The molecular weight excluding hydrogens is 288 g/mol. The number of nitrogens with zero attached hydrogens (tertiary/aromatic N) is 2. The summed E-state index contributed by atoms with van der Waals surface area (Å²) in [6.45, 7) is 0.585. The van der Waals surface area contributed by atoms with Crippen molar-refractivity contribution in [2.24, 2.45) is 0 Å². The van der Waals surface area contributed by atoms with Crippen LogP contribution >= 0.6 is 11.6 Å². The monoisotopic (exact) mass is 304 g/mol. The molecule has 4 nitrogen and oxygen atoms in total. The molecule has 0 fully saturated rings. The molecule has 1 aromatic heterocycles. The van der Waals surface area contributed by atoms with Crippen LogP contribution in [0.1, 0.15) is 16.1 Å². The number of amides is 1. The maximum Gasteiger partial charge on any atom is 0.257 e. The summed E-state index contributed by atoms with van der Waals surface area (Å²) < 4.78 is 5.22. The minimum atomic E-state index is -0.0977. The molecule has 0 saturated carbocycles. The predicted octanol–water partition coefficient (Wildman–Crippen LogP) is 3.06. The van der Waals surface area contributed by atoms with Gasteiger partial charge in [-0.1, -0.05) is 17.7 Å². The van der Waals surface area contributed by atoms with Crippen molar-refractivity contribution in [2.45, 2.75) is 6.42 Å². The van der Waals surface area contributed by atoms with Crippen LogP contribution in [0.4, 0.5) is 0 Å². The molecule has 0 saturated heterocycles. The van der Waals surface area contributed by atoms with Gasteiger partial charge in [0.2, 0.25) is 0 Å². The third-order valence-electron chi connectivity index (χ3n) is 3.17. The fourth-order valence-corrected chi connectivity index (χ4v) is 2.14. The molecule has 1 aromatic carbocycles. The van der Waals surface area contributed by atoms with Gasteiger partial charge in [0, 0.05) is 36.9 Å². The molecule has 2 aromatic rings. The van der Waals surface area contributed by atoms with E-state index in [1.165, 1.54) is 7.11 Å². The fraction of sp³-hybridized carbons (Fsp3) is 0.250. The Kier molecular flexibility index (Phi) is 5.17. The second-order valence-corrected chi connectivity index (χ2v) is 5.08. The second-order valence-electron chi connectivity index (χ2n) is 4.64. The van der Waals surface area contributed by atoms with E-state index in [4.69, 9.17) is 16.3 Å². The Hall–Kier alpha value is -2.07. The Bertz CT molecular complexity index is 617. The summed E-state index contributed by atoms with van der Waals surface area (Å²) >= 11 is 5.91. The highest BCUT2D eigenvalue weighted by Gasteiger charge is 2.16. The van der Waals surface area contributed by atoms with Gasteiger partial charge in [0.05, 0.1) is 12.7 Å². The maximum atomic E-state index is 12.4. The zero-order chi connectivity index (χ0) is 15.2. The van der Waals surface area contributed by atoms with Crippen molar-refractivity contribution in [3.05, 3.63) is 58.9 Å². The highest BCUT2D eigenvalue weighted by Crippen LogP contribution is 2.24. The highest BCUT2D eigenvalue weighted by atomic mass is 35.5. The van der Waals surface area contributed by atoms with E-state index in [1.54, 1.807) is 36.3 Å². The standard InChI is InChI=1S/C16H17ClN2O2/c1-19(10-8-13-5-3-4-9-18-13)16(20)14-7-6-12(17)11-15(14)21-2/h3-7,9,11H,8,10H2,1-2H3. The number of carbonyl (C=O) groups is 1. The van der Waals surface area contributed by atoms with Gasteiger partial charge < -0.3 is 9.64 Å². The smallest absolute Gasteiger partial charge is 0.257 e. The van der Waals surface area contributed by atoms with E-state index >= 15 is 0 Å². The van der Waals surface area contributed by atoms with Gasteiger partial charge in [0.15, 0.2) is 0 Å². The predicted molar refractivity (Wildman–Crippen MR) is 82.9 cm³/mol. The van der Waals surface area contributed by atoms with Gasteiger partial charge in [0.1, 0.15) is 5.75 Å². The van der Waals surface area contributed by atoms with Gasteiger partial charge >= 0.3 is 0 Å². The molecule has 0 N–H and O–H groups in total. The Morgan fingerprint density at radius 2 is 2.14 bits per heavy atom. The van der Waals surface area contributed by atoms with Crippen molar-refractivity contribution in [2.75, 3.05) is 20.7 Å². The average Bonchev–Trinajstić information content (AvgIpc) is 2.52. The Balaban J connectivity index is 2.05. The summed E-state index contributed by atoms with van der Waals surface area (Å²) in [5, 5.41) is 0.541. The Morgan fingerprint density at radius 3 is 2.81 bits per heavy atom. The van der Waals surface area contributed by atoms with Crippen molar-refractivity contribution < 1.29 is 9.53 Å². The number of methoxy groups -OCH3 is 1. The van der Waals surface area contributed by atoms with Gasteiger partial charge in [-0.2, -0.15) is 0 Å². The van der Waals surface area contributed by atoms with Crippen LogP contribution in [0.5, 0.6) is 5.75 Å². The molecule has 110 valence electrons. The number of likely N-dealkylation sites (N-methyl/N-ethyl adjacent to an activating group) is 1. The lowest BCUT2D eigenvalue weighted by atomic mass is 10.1. The van der Waals surface area contributed by atoms with E-state index in [2.05, 4.69) is 4.98 Å². The molecule has 1 heterocycles. The molecule has 1 amide bonds. The molecule has 21 heavy (non-hydrogen) atoms. The summed E-state index contributed by atoms with van der Waals surface area (Å²) in [4.78, 5) is 18.3. The third-order valence-corrected chi connectivity index (χ3v) is 3.41. The van der Waals surface area contributed by atoms with E-state index in [0.717, 1.165) is 5.69 Å². The zero-order valence-electron chi connectivity index (χ0n) is 12.0. The molecule has 0 aliphatic heterocycles. The first kappa shape index (κ1) is 15.3. The van der Waals surface area contributed by atoms with Gasteiger partial charge in [-0.25, -0.2) is 0 Å². The van der Waals surface area contributed by atoms with Gasteiger partial charge in [-0.15, -0.1) is 0 Å². The number of rotatable bonds is 5. The number of halogens is 1. The first-order valence-corrected chi connectivity index (χ1v) is 6.98. The lowest BCUT2D eigenvalue weighted by Crippen LogP contribution is -2.29. The second kappa shape index (κ2) is 7.09. The van der Waals surface area contributed by atoms with Crippen LogP contribution in [-0.4, -0.2) is 36.5 Å². The molecule has 0 unspecified atom stereocenters. The van der Waals surface area contributed by atoms with Crippen LogP contribution in [-0.2, 0) is 6.42 Å². The first-order chi connectivity index (χ1) is 10.1. The maximum absolute atomic E-state index is 12.4. The van der Waals surface area contributed by atoms with E-state index in [1.807, 2.05) is 18.2 Å². The van der Waals surface area contributed by atoms with E-state index in [9.17, 15) is 4.79 Å². The van der Waals surface area contributed by atoms with Crippen molar-refractivity contribution in [3.63, 3.8) is 0 Å². The van der Waals surface area contributed by atoms with Gasteiger partial charge in [-0.3, -0.25) is 9.78 Å². The lowest BCUT2D eigenvalue weighted by Gasteiger charge is -2.18. The summed E-state index contributed by atoms with van der Waals surface area (Å²) in [7, 11) is 3.29. The molecule has 0 bridgehead atoms. The van der Waals surface area contributed by atoms with Crippen molar-refractivity contribution in [1.29, 1.82) is 0 Å². The van der Waals surface area contributed by atoms with Crippen LogP contribution in [0.2, 0.25) is 5.02 Å².